The Kier molecular flexibility index (Phi) is 6.68. The SMILES string of the molecule is CC/C=C(/Cl)C(OC(=O)CNC=O)c1ccccc1. The van der Waals surface area contributed by atoms with Gasteiger partial charge >= 0.3 is 5.97 Å². The van der Waals surface area contributed by atoms with Gasteiger partial charge in [-0.05, 0) is 12.0 Å². The molecule has 1 aromatic carbocycles. The molecule has 4 nitrogen and oxygen atoms in total. The molecular formula is C14H16ClNO3. The summed E-state index contributed by atoms with van der Waals surface area (Å²) in [5.41, 5.74) is 0.789. The molecule has 0 radical (unpaired) electrons. The van der Waals surface area contributed by atoms with E-state index >= 15 is 0 Å². The van der Waals surface area contributed by atoms with Crippen LogP contribution in [0, 0.1) is 0 Å². The average Bonchev–Trinajstić information content (AvgIpc) is 2.43. The monoisotopic (exact) mass is 281 g/mol. The van der Waals surface area contributed by atoms with Gasteiger partial charge in [0, 0.05) is 0 Å². The highest BCUT2D eigenvalue weighted by atomic mass is 35.5. The number of rotatable bonds is 7. The van der Waals surface area contributed by atoms with Crippen LogP contribution in [0.2, 0.25) is 0 Å². The van der Waals surface area contributed by atoms with E-state index < -0.39 is 12.1 Å². The standard InChI is InChI=1S/C14H16ClNO3/c1-2-6-12(15)14(11-7-4-3-5-8-11)19-13(18)9-16-10-17/h3-8,10,14H,2,9H2,1H3,(H,16,17)/b12-6+. The van der Waals surface area contributed by atoms with Gasteiger partial charge in [-0.1, -0.05) is 54.9 Å². The van der Waals surface area contributed by atoms with Crippen LogP contribution in [-0.4, -0.2) is 18.9 Å². The molecule has 0 saturated heterocycles. The third kappa shape index (κ3) is 5.14. The zero-order valence-electron chi connectivity index (χ0n) is 10.6. The Balaban J connectivity index is 2.85. The molecule has 5 heteroatoms. The van der Waals surface area contributed by atoms with Gasteiger partial charge in [0.25, 0.3) is 0 Å². The average molecular weight is 282 g/mol. The molecule has 19 heavy (non-hydrogen) atoms. The fraction of sp³-hybridized carbons (Fsp3) is 0.286. The van der Waals surface area contributed by atoms with Gasteiger partial charge in [0.15, 0.2) is 6.10 Å². The zero-order chi connectivity index (χ0) is 14.1. The smallest absolute Gasteiger partial charge is 0.326 e. The van der Waals surface area contributed by atoms with E-state index in [2.05, 4.69) is 5.32 Å². The molecule has 0 spiro atoms. The Morgan fingerprint density at radius 1 is 1.42 bits per heavy atom. The third-order valence-electron chi connectivity index (χ3n) is 2.33. The van der Waals surface area contributed by atoms with Crippen LogP contribution in [0.15, 0.2) is 41.4 Å². The molecule has 1 N–H and O–H groups in total. The number of allylic oxidation sites excluding steroid dienone is 1. The van der Waals surface area contributed by atoms with Crippen LogP contribution in [0.25, 0.3) is 0 Å². The third-order valence-corrected chi connectivity index (χ3v) is 2.68. The summed E-state index contributed by atoms with van der Waals surface area (Å²) in [7, 11) is 0. The first kappa shape index (κ1) is 15.2. The molecule has 1 rings (SSSR count). The van der Waals surface area contributed by atoms with Gasteiger partial charge in [-0.3, -0.25) is 9.59 Å². The number of esters is 1. The highest BCUT2D eigenvalue weighted by molar-refractivity contribution is 6.30. The number of benzene rings is 1. The summed E-state index contributed by atoms with van der Waals surface area (Å²) in [6, 6.07) is 9.22. The molecule has 0 fully saturated rings. The fourth-order valence-corrected chi connectivity index (χ4v) is 1.84. The van der Waals surface area contributed by atoms with Gasteiger partial charge in [-0.2, -0.15) is 0 Å². The summed E-state index contributed by atoms with van der Waals surface area (Å²) in [5, 5.41) is 2.71. The van der Waals surface area contributed by atoms with Crippen LogP contribution in [0.4, 0.5) is 0 Å². The van der Waals surface area contributed by atoms with Crippen molar-refractivity contribution in [2.45, 2.75) is 19.4 Å². The fourth-order valence-electron chi connectivity index (χ4n) is 1.51. The van der Waals surface area contributed by atoms with Crippen LogP contribution in [0.1, 0.15) is 25.0 Å². The quantitative estimate of drug-likeness (QED) is 0.617. The van der Waals surface area contributed by atoms with E-state index in [1.807, 2.05) is 37.3 Å². The predicted octanol–water partition coefficient (Wildman–Crippen LogP) is 2.55. The molecule has 102 valence electrons. The zero-order valence-corrected chi connectivity index (χ0v) is 11.4. The second kappa shape index (κ2) is 8.32. The minimum atomic E-state index is -0.635. The van der Waals surface area contributed by atoms with Crippen LogP contribution in [0.3, 0.4) is 0 Å². The molecule has 0 aromatic heterocycles. The molecule has 0 aliphatic carbocycles. The minimum absolute atomic E-state index is 0.177. The summed E-state index contributed by atoms with van der Waals surface area (Å²) in [5.74, 6) is -0.538. The summed E-state index contributed by atoms with van der Waals surface area (Å²) >= 11 is 6.15. The Labute approximate surface area is 117 Å². The Bertz CT molecular complexity index is 445. The molecule has 0 aliphatic rings. The lowest BCUT2D eigenvalue weighted by atomic mass is 10.1. The number of carbonyl (C=O) groups is 2. The van der Waals surface area contributed by atoms with Crippen LogP contribution in [-0.2, 0) is 14.3 Å². The first-order valence-corrected chi connectivity index (χ1v) is 6.33. The summed E-state index contributed by atoms with van der Waals surface area (Å²) in [4.78, 5) is 21.7. The molecule has 0 bridgehead atoms. The van der Waals surface area contributed by atoms with Gasteiger partial charge in [-0.15, -0.1) is 0 Å². The molecule has 0 aliphatic heterocycles. The summed E-state index contributed by atoms with van der Waals surface area (Å²) in [6.07, 6.45) is 2.34. The Morgan fingerprint density at radius 2 is 2.11 bits per heavy atom. The van der Waals surface area contributed by atoms with E-state index in [-0.39, 0.29) is 6.54 Å². The summed E-state index contributed by atoms with van der Waals surface area (Å²) in [6.45, 7) is 1.77. The minimum Gasteiger partial charge on any atom is -0.450 e. The number of ether oxygens (including phenoxy) is 1. The number of halogens is 1. The Morgan fingerprint density at radius 3 is 2.68 bits per heavy atom. The molecule has 1 unspecified atom stereocenters. The lowest BCUT2D eigenvalue weighted by Gasteiger charge is -2.17. The lowest BCUT2D eigenvalue weighted by molar-refractivity contribution is -0.146. The van der Waals surface area contributed by atoms with Gasteiger partial charge < -0.3 is 10.1 Å². The highest BCUT2D eigenvalue weighted by Crippen LogP contribution is 2.28. The van der Waals surface area contributed by atoms with Crippen LogP contribution >= 0.6 is 11.6 Å². The largest absolute Gasteiger partial charge is 0.450 e. The normalized spacial score (nSPS) is 12.6. The van der Waals surface area contributed by atoms with Crippen molar-refractivity contribution in [3.8, 4) is 0 Å². The summed E-state index contributed by atoms with van der Waals surface area (Å²) < 4.78 is 5.29. The number of hydrogen-bond acceptors (Lipinski definition) is 3. The van der Waals surface area contributed by atoms with Crippen molar-refractivity contribution in [2.24, 2.45) is 0 Å². The molecule has 1 aromatic rings. The number of amides is 1. The first-order valence-electron chi connectivity index (χ1n) is 5.96. The van der Waals surface area contributed by atoms with E-state index in [0.717, 1.165) is 12.0 Å². The maximum absolute atomic E-state index is 11.6. The van der Waals surface area contributed by atoms with Gasteiger partial charge in [0.05, 0.1) is 5.03 Å². The molecule has 0 saturated carbocycles. The van der Waals surface area contributed by atoms with Crippen molar-refractivity contribution in [3.63, 3.8) is 0 Å². The van der Waals surface area contributed by atoms with Crippen molar-refractivity contribution in [1.29, 1.82) is 0 Å². The number of hydrogen-bond donors (Lipinski definition) is 1. The maximum Gasteiger partial charge on any atom is 0.326 e. The van der Waals surface area contributed by atoms with E-state index in [1.54, 1.807) is 6.08 Å². The van der Waals surface area contributed by atoms with Crippen molar-refractivity contribution < 1.29 is 14.3 Å². The van der Waals surface area contributed by atoms with E-state index in [0.29, 0.717) is 11.4 Å². The number of carbonyl (C=O) groups excluding carboxylic acids is 2. The molecule has 1 amide bonds. The van der Waals surface area contributed by atoms with Gasteiger partial charge in [0.1, 0.15) is 6.54 Å². The maximum atomic E-state index is 11.6. The molecule has 1 atom stereocenters. The van der Waals surface area contributed by atoms with E-state index in [9.17, 15) is 9.59 Å². The van der Waals surface area contributed by atoms with Gasteiger partial charge in [0.2, 0.25) is 6.41 Å². The van der Waals surface area contributed by atoms with Crippen molar-refractivity contribution >= 4 is 24.0 Å². The van der Waals surface area contributed by atoms with Gasteiger partial charge in [-0.25, -0.2) is 0 Å². The lowest BCUT2D eigenvalue weighted by Crippen LogP contribution is -2.25. The van der Waals surface area contributed by atoms with Crippen molar-refractivity contribution in [1.82, 2.24) is 5.32 Å². The van der Waals surface area contributed by atoms with Crippen molar-refractivity contribution in [2.75, 3.05) is 6.54 Å². The molecule has 0 heterocycles. The second-order valence-corrected chi connectivity index (χ2v) is 4.21. The second-order valence-electron chi connectivity index (χ2n) is 3.78. The van der Waals surface area contributed by atoms with E-state index in [1.165, 1.54) is 0 Å². The van der Waals surface area contributed by atoms with Crippen LogP contribution in [0.5, 0.6) is 0 Å². The van der Waals surface area contributed by atoms with Crippen molar-refractivity contribution in [3.05, 3.63) is 47.0 Å². The van der Waals surface area contributed by atoms with Crippen LogP contribution < -0.4 is 5.32 Å². The van der Waals surface area contributed by atoms with E-state index in [4.69, 9.17) is 16.3 Å². The topological polar surface area (TPSA) is 55.4 Å². The highest BCUT2D eigenvalue weighted by Gasteiger charge is 2.19. The predicted molar refractivity (Wildman–Crippen MR) is 73.6 cm³/mol. The number of nitrogens with one attached hydrogen (secondary N) is 1. The first-order chi connectivity index (χ1) is 9.19. The molecular weight excluding hydrogens is 266 g/mol. The Hall–Kier alpha value is -1.81.